The molecule has 0 spiro atoms. The highest BCUT2D eigenvalue weighted by atomic mass is 16.5. The number of aryl methyl sites for hydroxylation is 1. The van der Waals surface area contributed by atoms with Gasteiger partial charge in [-0.2, -0.15) is 9.90 Å². The summed E-state index contributed by atoms with van der Waals surface area (Å²) in [4.78, 5) is 33.2. The topological polar surface area (TPSA) is 126 Å². The van der Waals surface area contributed by atoms with Crippen molar-refractivity contribution in [2.75, 3.05) is 56.6 Å². The van der Waals surface area contributed by atoms with E-state index < -0.39 is 0 Å². The molecule has 0 radical (unpaired) electrons. The summed E-state index contributed by atoms with van der Waals surface area (Å²) in [5, 5.41) is 20.4. The maximum Gasteiger partial charge on any atom is 0.409 e. The first-order valence-corrected chi connectivity index (χ1v) is 14.0. The van der Waals surface area contributed by atoms with Crippen molar-refractivity contribution in [3.8, 4) is 11.4 Å². The third-order valence-corrected chi connectivity index (χ3v) is 8.50. The van der Waals surface area contributed by atoms with Crippen LogP contribution in [0.25, 0.3) is 16.9 Å². The average molecular weight is 557 g/mol. The second kappa shape index (κ2) is 10.1. The lowest BCUT2D eigenvalue weighted by atomic mass is 10.1. The lowest BCUT2D eigenvalue weighted by molar-refractivity contribution is 0.0621. The SMILES string of the molecule is COC(=O)N1CC(n2nnc(-c3ccc(C)c(NC(=O)c4cnn5ccc(N6CCN7CCC[C@@H]7C6)cc45)c3)n2)C1. The third kappa shape index (κ3) is 4.65. The summed E-state index contributed by atoms with van der Waals surface area (Å²) < 4.78 is 6.49. The molecule has 0 bridgehead atoms. The first kappa shape index (κ1) is 25.4. The molecule has 212 valence electrons. The van der Waals surface area contributed by atoms with E-state index in [9.17, 15) is 9.59 Å². The number of likely N-dealkylation sites (tertiary alicyclic amines) is 1. The number of carbonyl (C=O) groups excluding carboxylic acids is 2. The Hall–Kier alpha value is -4.52. The second-order valence-electron chi connectivity index (χ2n) is 11.0. The maximum absolute atomic E-state index is 13.5. The highest BCUT2D eigenvalue weighted by Gasteiger charge is 2.34. The van der Waals surface area contributed by atoms with Gasteiger partial charge in [0.15, 0.2) is 0 Å². The van der Waals surface area contributed by atoms with Crippen LogP contribution in [0.3, 0.4) is 0 Å². The van der Waals surface area contributed by atoms with Gasteiger partial charge in [0.1, 0.15) is 6.04 Å². The van der Waals surface area contributed by atoms with Crippen LogP contribution in [0.2, 0.25) is 0 Å². The predicted molar refractivity (Wildman–Crippen MR) is 151 cm³/mol. The number of nitrogens with one attached hydrogen (secondary N) is 1. The van der Waals surface area contributed by atoms with Crippen LogP contribution in [0, 0.1) is 6.92 Å². The quantitative estimate of drug-likeness (QED) is 0.394. The Bertz CT molecular complexity index is 1620. The molecule has 2 amide bonds. The monoisotopic (exact) mass is 556 g/mol. The molecule has 0 unspecified atom stereocenters. The van der Waals surface area contributed by atoms with E-state index in [1.54, 1.807) is 15.6 Å². The van der Waals surface area contributed by atoms with E-state index in [0.29, 0.717) is 36.2 Å². The molecule has 6 heterocycles. The van der Waals surface area contributed by atoms with Crippen LogP contribution in [0.5, 0.6) is 0 Å². The van der Waals surface area contributed by atoms with Crippen LogP contribution in [0.15, 0.2) is 42.7 Å². The number of ether oxygens (including phenoxy) is 1. The Kier molecular flexibility index (Phi) is 6.30. The van der Waals surface area contributed by atoms with Crippen molar-refractivity contribution in [3.63, 3.8) is 0 Å². The fraction of sp³-hybridized carbons (Fsp3) is 0.429. The van der Waals surface area contributed by atoms with Crippen molar-refractivity contribution in [2.45, 2.75) is 31.8 Å². The molecule has 3 aliphatic rings. The number of pyridine rings is 1. The molecule has 3 fully saturated rings. The number of methoxy groups -OCH3 is 1. The van der Waals surface area contributed by atoms with Gasteiger partial charge in [-0.05, 0) is 55.3 Å². The average Bonchev–Trinajstić information content (AvgIpc) is 3.72. The summed E-state index contributed by atoms with van der Waals surface area (Å²) in [7, 11) is 1.36. The number of tetrazole rings is 1. The molecular weight excluding hydrogens is 524 g/mol. The smallest absolute Gasteiger partial charge is 0.409 e. The minimum Gasteiger partial charge on any atom is -0.453 e. The van der Waals surface area contributed by atoms with Gasteiger partial charge in [0.25, 0.3) is 5.91 Å². The van der Waals surface area contributed by atoms with E-state index >= 15 is 0 Å². The number of rotatable bonds is 5. The van der Waals surface area contributed by atoms with E-state index in [0.717, 1.165) is 42.0 Å². The van der Waals surface area contributed by atoms with Crippen molar-refractivity contribution < 1.29 is 14.3 Å². The number of hydrogen-bond acceptors (Lipinski definition) is 9. The van der Waals surface area contributed by atoms with E-state index in [2.05, 4.69) is 47.8 Å². The summed E-state index contributed by atoms with van der Waals surface area (Å²) in [6.07, 6.45) is 5.70. The molecule has 3 saturated heterocycles. The predicted octanol–water partition coefficient (Wildman–Crippen LogP) is 2.46. The minimum atomic E-state index is -0.366. The van der Waals surface area contributed by atoms with Gasteiger partial charge in [0, 0.05) is 48.8 Å². The number of fused-ring (bicyclic) bond motifs is 2. The zero-order valence-corrected chi connectivity index (χ0v) is 23.1. The van der Waals surface area contributed by atoms with Crippen LogP contribution >= 0.6 is 0 Å². The number of anilines is 2. The molecule has 4 aromatic rings. The van der Waals surface area contributed by atoms with Gasteiger partial charge in [0.2, 0.25) is 5.82 Å². The Morgan fingerprint density at radius 1 is 1.05 bits per heavy atom. The van der Waals surface area contributed by atoms with Gasteiger partial charge in [-0.3, -0.25) is 9.69 Å². The highest BCUT2D eigenvalue weighted by Crippen LogP contribution is 2.28. The first-order chi connectivity index (χ1) is 20.0. The summed E-state index contributed by atoms with van der Waals surface area (Å²) in [6, 6.07) is 10.4. The Morgan fingerprint density at radius 2 is 1.93 bits per heavy atom. The lowest BCUT2D eigenvalue weighted by Gasteiger charge is -2.38. The van der Waals surface area contributed by atoms with Gasteiger partial charge in [-0.15, -0.1) is 10.2 Å². The lowest BCUT2D eigenvalue weighted by Crippen LogP contribution is -2.51. The molecule has 0 aliphatic carbocycles. The largest absolute Gasteiger partial charge is 0.453 e. The fourth-order valence-corrected chi connectivity index (χ4v) is 6.03. The number of nitrogens with zero attached hydrogens (tertiary/aromatic N) is 9. The molecule has 13 nitrogen and oxygen atoms in total. The Balaban J connectivity index is 1.08. The zero-order chi connectivity index (χ0) is 28.1. The van der Waals surface area contributed by atoms with Gasteiger partial charge in [-0.1, -0.05) is 12.1 Å². The molecule has 41 heavy (non-hydrogen) atoms. The maximum atomic E-state index is 13.5. The number of hydrogen-bond donors (Lipinski definition) is 1. The van der Waals surface area contributed by atoms with Crippen LogP contribution < -0.4 is 10.2 Å². The third-order valence-electron chi connectivity index (χ3n) is 8.50. The van der Waals surface area contributed by atoms with Crippen molar-refractivity contribution >= 4 is 28.9 Å². The standard InChI is InChI=1S/C28H32N10O3/c1-18-5-6-19(26-31-33-38(32-26)22-16-36(17-22)28(40)41-2)12-24(18)30-27(39)23-14-29-37-9-7-20(13-25(23)37)35-11-10-34-8-3-4-21(34)15-35/h5-7,9,12-14,21-22H,3-4,8,10-11,15-17H2,1-2H3,(H,30,39)/t21-/m1/s1. The van der Waals surface area contributed by atoms with Crippen LogP contribution in [-0.2, 0) is 4.74 Å². The molecule has 13 heteroatoms. The van der Waals surface area contributed by atoms with Crippen molar-refractivity contribution in [1.82, 2.24) is 39.6 Å². The zero-order valence-electron chi connectivity index (χ0n) is 23.1. The number of aromatic nitrogens is 6. The normalized spacial score (nSPS) is 19.3. The van der Waals surface area contributed by atoms with Gasteiger partial charge in [0.05, 0.1) is 37.5 Å². The molecule has 1 atom stereocenters. The Labute approximate surface area is 236 Å². The van der Waals surface area contributed by atoms with Crippen molar-refractivity contribution in [3.05, 3.63) is 53.9 Å². The molecule has 1 aromatic carbocycles. The van der Waals surface area contributed by atoms with Crippen LogP contribution in [0.4, 0.5) is 16.2 Å². The number of amides is 2. The summed E-state index contributed by atoms with van der Waals surface area (Å²) >= 11 is 0. The van der Waals surface area contributed by atoms with Crippen LogP contribution in [0.1, 0.15) is 34.8 Å². The van der Waals surface area contributed by atoms with Gasteiger partial charge >= 0.3 is 6.09 Å². The number of benzene rings is 1. The molecule has 7 rings (SSSR count). The second-order valence-corrected chi connectivity index (χ2v) is 11.0. The molecule has 1 N–H and O–H groups in total. The van der Waals surface area contributed by atoms with Crippen molar-refractivity contribution in [1.29, 1.82) is 0 Å². The van der Waals surface area contributed by atoms with Crippen LogP contribution in [-0.4, -0.2) is 104 Å². The van der Waals surface area contributed by atoms with Crippen molar-refractivity contribution in [2.24, 2.45) is 0 Å². The van der Waals surface area contributed by atoms with E-state index in [-0.39, 0.29) is 18.0 Å². The summed E-state index contributed by atoms with van der Waals surface area (Å²) in [5.74, 6) is 0.215. The van der Waals surface area contributed by atoms with E-state index in [1.807, 2.05) is 31.3 Å². The molecular formula is C28H32N10O3. The first-order valence-electron chi connectivity index (χ1n) is 14.0. The van der Waals surface area contributed by atoms with Gasteiger partial charge < -0.3 is 19.9 Å². The number of carbonyl (C=O) groups is 2. The van der Waals surface area contributed by atoms with E-state index in [1.165, 1.54) is 31.3 Å². The highest BCUT2D eigenvalue weighted by molar-refractivity contribution is 6.09. The molecule has 3 aromatic heterocycles. The van der Waals surface area contributed by atoms with Gasteiger partial charge in [-0.25, -0.2) is 9.31 Å². The fourth-order valence-electron chi connectivity index (χ4n) is 6.03. The summed E-state index contributed by atoms with van der Waals surface area (Å²) in [6.45, 7) is 7.16. The molecule has 3 aliphatic heterocycles. The van der Waals surface area contributed by atoms with E-state index in [4.69, 9.17) is 4.74 Å². The summed E-state index contributed by atoms with van der Waals surface area (Å²) in [5.41, 5.74) is 4.71. The number of piperazine rings is 1. The Morgan fingerprint density at radius 3 is 2.78 bits per heavy atom. The molecule has 0 saturated carbocycles. The minimum absolute atomic E-state index is 0.0532.